The van der Waals surface area contributed by atoms with Crippen molar-refractivity contribution < 1.29 is 13.6 Å². The standard InChI is InChI=1S/C11H13ClF2N2O/c1-7-2-3-8(12)4-9(7)10(17)16-6-11(13,14)5-15/h2-4H,5-6,15H2,1H3,(H,16,17). The molecule has 1 amide bonds. The number of alkyl halides is 2. The van der Waals surface area contributed by atoms with Crippen LogP contribution in [-0.4, -0.2) is 24.9 Å². The van der Waals surface area contributed by atoms with E-state index in [1.807, 2.05) is 0 Å². The lowest BCUT2D eigenvalue weighted by atomic mass is 10.1. The minimum absolute atomic E-state index is 0.283. The van der Waals surface area contributed by atoms with E-state index in [4.69, 9.17) is 17.3 Å². The van der Waals surface area contributed by atoms with Gasteiger partial charge in [-0.25, -0.2) is 8.78 Å². The van der Waals surface area contributed by atoms with Gasteiger partial charge in [-0.3, -0.25) is 4.79 Å². The van der Waals surface area contributed by atoms with E-state index in [2.05, 4.69) is 5.32 Å². The normalized spacial score (nSPS) is 11.4. The molecule has 0 atom stereocenters. The van der Waals surface area contributed by atoms with Crippen LogP contribution in [0.15, 0.2) is 18.2 Å². The minimum atomic E-state index is -3.10. The molecule has 0 unspecified atom stereocenters. The number of rotatable bonds is 4. The van der Waals surface area contributed by atoms with Crippen LogP contribution < -0.4 is 11.1 Å². The zero-order valence-corrected chi connectivity index (χ0v) is 10.0. The van der Waals surface area contributed by atoms with Gasteiger partial charge in [0.15, 0.2) is 0 Å². The molecule has 0 aliphatic carbocycles. The van der Waals surface area contributed by atoms with Gasteiger partial charge in [0, 0.05) is 10.6 Å². The summed E-state index contributed by atoms with van der Waals surface area (Å²) in [5.74, 6) is -3.68. The van der Waals surface area contributed by atoms with E-state index in [0.29, 0.717) is 10.6 Å². The average molecular weight is 263 g/mol. The van der Waals surface area contributed by atoms with Gasteiger partial charge in [0.25, 0.3) is 11.8 Å². The molecule has 6 heteroatoms. The third kappa shape index (κ3) is 3.94. The molecule has 0 spiro atoms. The van der Waals surface area contributed by atoms with Crippen LogP contribution in [0.25, 0.3) is 0 Å². The van der Waals surface area contributed by atoms with Crippen molar-refractivity contribution in [3.63, 3.8) is 0 Å². The Labute approximate surface area is 103 Å². The number of hydrogen-bond acceptors (Lipinski definition) is 2. The first-order valence-electron chi connectivity index (χ1n) is 4.98. The lowest BCUT2D eigenvalue weighted by molar-refractivity contribution is 0.0118. The summed E-state index contributed by atoms with van der Waals surface area (Å²) in [5.41, 5.74) is 5.81. The molecule has 0 heterocycles. The van der Waals surface area contributed by atoms with E-state index in [9.17, 15) is 13.6 Å². The van der Waals surface area contributed by atoms with Crippen molar-refractivity contribution in [2.24, 2.45) is 5.73 Å². The fourth-order valence-electron chi connectivity index (χ4n) is 1.22. The summed E-state index contributed by atoms with van der Waals surface area (Å²) in [6, 6.07) is 4.72. The molecule has 1 aromatic carbocycles. The highest BCUT2D eigenvalue weighted by Gasteiger charge is 2.27. The number of carbonyl (C=O) groups excluding carboxylic acids is 1. The number of halogens is 3. The van der Waals surface area contributed by atoms with Gasteiger partial charge in [-0.05, 0) is 24.6 Å². The Morgan fingerprint density at radius 2 is 2.18 bits per heavy atom. The molecule has 3 N–H and O–H groups in total. The van der Waals surface area contributed by atoms with Crippen molar-refractivity contribution in [3.05, 3.63) is 34.3 Å². The van der Waals surface area contributed by atoms with Crippen molar-refractivity contribution in [2.45, 2.75) is 12.8 Å². The van der Waals surface area contributed by atoms with Crippen LogP contribution in [0, 0.1) is 6.92 Å². The van der Waals surface area contributed by atoms with Gasteiger partial charge in [-0.15, -0.1) is 0 Å². The molecule has 0 aliphatic heterocycles. The quantitative estimate of drug-likeness (QED) is 0.872. The van der Waals surface area contributed by atoms with E-state index in [-0.39, 0.29) is 5.56 Å². The minimum Gasteiger partial charge on any atom is -0.346 e. The molecule has 0 bridgehead atoms. The second kappa shape index (κ2) is 5.42. The third-order valence-corrected chi connectivity index (χ3v) is 2.49. The van der Waals surface area contributed by atoms with Crippen molar-refractivity contribution in [2.75, 3.05) is 13.1 Å². The summed E-state index contributed by atoms with van der Waals surface area (Å²) >= 11 is 5.73. The van der Waals surface area contributed by atoms with E-state index < -0.39 is 24.9 Å². The predicted octanol–water partition coefficient (Wildman–Crippen LogP) is 1.97. The van der Waals surface area contributed by atoms with Gasteiger partial charge < -0.3 is 11.1 Å². The maximum Gasteiger partial charge on any atom is 0.277 e. The molecule has 0 aromatic heterocycles. The van der Waals surface area contributed by atoms with Crippen LogP contribution in [0.1, 0.15) is 15.9 Å². The summed E-state index contributed by atoms with van der Waals surface area (Å²) in [6.45, 7) is 0.114. The Morgan fingerprint density at radius 1 is 1.53 bits per heavy atom. The predicted molar refractivity (Wildman–Crippen MR) is 62.5 cm³/mol. The zero-order valence-electron chi connectivity index (χ0n) is 9.27. The lowest BCUT2D eigenvalue weighted by Crippen LogP contribution is -2.41. The van der Waals surface area contributed by atoms with Gasteiger partial charge in [-0.1, -0.05) is 17.7 Å². The molecule has 0 saturated carbocycles. The van der Waals surface area contributed by atoms with Gasteiger partial charge in [0.2, 0.25) is 0 Å². The molecule has 3 nitrogen and oxygen atoms in total. The summed E-state index contributed by atoms with van der Waals surface area (Å²) < 4.78 is 25.7. The molecule has 0 aliphatic rings. The SMILES string of the molecule is Cc1ccc(Cl)cc1C(=O)NCC(F)(F)CN. The van der Waals surface area contributed by atoms with Crippen LogP contribution in [0.3, 0.4) is 0 Å². The first-order chi connectivity index (χ1) is 7.85. The Bertz CT molecular complexity index is 424. The molecule has 0 fully saturated rings. The molecular weight excluding hydrogens is 250 g/mol. The number of nitrogens with one attached hydrogen (secondary N) is 1. The molecular formula is C11H13ClF2N2O. The highest BCUT2D eigenvalue weighted by Crippen LogP contribution is 2.16. The van der Waals surface area contributed by atoms with Crippen molar-refractivity contribution in [1.29, 1.82) is 0 Å². The Balaban J connectivity index is 2.74. The van der Waals surface area contributed by atoms with E-state index >= 15 is 0 Å². The second-order valence-electron chi connectivity index (χ2n) is 3.70. The number of hydrogen-bond donors (Lipinski definition) is 2. The van der Waals surface area contributed by atoms with E-state index in [1.54, 1.807) is 19.1 Å². The maximum atomic E-state index is 12.8. The molecule has 94 valence electrons. The first kappa shape index (κ1) is 13.9. The molecule has 17 heavy (non-hydrogen) atoms. The van der Waals surface area contributed by atoms with Gasteiger partial charge in [0.1, 0.15) is 0 Å². The lowest BCUT2D eigenvalue weighted by Gasteiger charge is -2.15. The van der Waals surface area contributed by atoms with Gasteiger partial charge in [0.05, 0.1) is 13.1 Å². The Hall–Kier alpha value is -1.20. The van der Waals surface area contributed by atoms with Crippen molar-refractivity contribution in [3.8, 4) is 0 Å². The molecule has 1 rings (SSSR count). The largest absolute Gasteiger partial charge is 0.346 e. The second-order valence-corrected chi connectivity index (χ2v) is 4.14. The Kier molecular flexibility index (Phi) is 4.42. The smallest absolute Gasteiger partial charge is 0.277 e. The van der Waals surface area contributed by atoms with Crippen LogP contribution >= 0.6 is 11.6 Å². The van der Waals surface area contributed by atoms with Crippen LogP contribution in [-0.2, 0) is 0 Å². The highest BCUT2D eigenvalue weighted by atomic mass is 35.5. The third-order valence-electron chi connectivity index (χ3n) is 2.25. The average Bonchev–Trinajstić information content (AvgIpc) is 2.29. The number of benzene rings is 1. The van der Waals surface area contributed by atoms with Gasteiger partial charge >= 0.3 is 0 Å². The fourth-order valence-corrected chi connectivity index (χ4v) is 1.39. The summed E-state index contributed by atoms with van der Waals surface area (Å²) in [4.78, 5) is 11.6. The van der Waals surface area contributed by atoms with E-state index in [1.165, 1.54) is 6.07 Å². The summed E-state index contributed by atoms with van der Waals surface area (Å²) in [6.07, 6.45) is 0. The first-order valence-corrected chi connectivity index (χ1v) is 5.36. The molecule has 0 saturated heterocycles. The molecule has 1 aromatic rings. The highest BCUT2D eigenvalue weighted by molar-refractivity contribution is 6.31. The summed E-state index contributed by atoms with van der Waals surface area (Å²) in [5, 5.41) is 2.51. The van der Waals surface area contributed by atoms with Crippen LogP contribution in [0.2, 0.25) is 5.02 Å². The monoisotopic (exact) mass is 262 g/mol. The van der Waals surface area contributed by atoms with E-state index in [0.717, 1.165) is 0 Å². The summed E-state index contributed by atoms with van der Waals surface area (Å²) in [7, 11) is 0. The fraction of sp³-hybridized carbons (Fsp3) is 0.364. The number of carbonyl (C=O) groups is 1. The van der Waals surface area contributed by atoms with Gasteiger partial charge in [-0.2, -0.15) is 0 Å². The van der Waals surface area contributed by atoms with Crippen molar-refractivity contribution >= 4 is 17.5 Å². The van der Waals surface area contributed by atoms with Crippen molar-refractivity contribution in [1.82, 2.24) is 5.32 Å². The van der Waals surface area contributed by atoms with Crippen LogP contribution in [0.5, 0.6) is 0 Å². The topological polar surface area (TPSA) is 55.1 Å². The van der Waals surface area contributed by atoms with Crippen LogP contribution in [0.4, 0.5) is 8.78 Å². The Morgan fingerprint density at radius 3 is 2.76 bits per heavy atom. The number of nitrogens with two attached hydrogens (primary N) is 1. The zero-order chi connectivity index (χ0) is 13.1. The number of amides is 1. The maximum absolute atomic E-state index is 12.8. The molecule has 0 radical (unpaired) electrons. The number of aryl methyl sites for hydroxylation is 1.